The number of hydrogen-bond donors (Lipinski definition) is 1. The van der Waals surface area contributed by atoms with E-state index in [1.165, 1.54) is 0 Å². The summed E-state index contributed by atoms with van der Waals surface area (Å²) in [6.45, 7) is 10.6. The predicted molar refractivity (Wildman–Crippen MR) is 101 cm³/mol. The molecule has 2 amide bonds. The first-order chi connectivity index (χ1) is 11.6. The summed E-state index contributed by atoms with van der Waals surface area (Å²) in [4.78, 5) is 25.8. The zero-order valence-electron chi connectivity index (χ0n) is 15.8. The summed E-state index contributed by atoms with van der Waals surface area (Å²) in [6, 6.07) is 5.48. The first-order valence-electron chi connectivity index (χ1n) is 8.60. The molecular formula is C19H29ClN2O3. The van der Waals surface area contributed by atoms with Crippen molar-refractivity contribution in [3.05, 3.63) is 28.8 Å². The van der Waals surface area contributed by atoms with Crippen molar-refractivity contribution >= 4 is 23.4 Å². The molecule has 6 heteroatoms. The van der Waals surface area contributed by atoms with E-state index >= 15 is 0 Å². The van der Waals surface area contributed by atoms with Crippen molar-refractivity contribution in [1.82, 2.24) is 10.2 Å². The topological polar surface area (TPSA) is 58.6 Å². The maximum atomic E-state index is 12.3. The third kappa shape index (κ3) is 8.25. The van der Waals surface area contributed by atoms with Crippen LogP contribution in [0.4, 0.5) is 0 Å². The highest BCUT2D eigenvalue weighted by Crippen LogP contribution is 2.21. The molecular weight excluding hydrogens is 340 g/mol. The van der Waals surface area contributed by atoms with Gasteiger partial charge in [-0.15, -0.1) is 0 Å². The summed E-state index contributed by atoms with van der Waals surface area (Å²) in [5, 5.41) is 3.57. The molecule has 0 saturated carbocycles. The lowest BCUT2D eigenvalue weighted by Gasteiger charge is -2.25. The number of ether oxygens (including phenoxy) is 1. The summed E-state index contributed by atoms with van der Waals surface area (Å²) in [5.41, 5.74) is 0.654. The molecule has 0 bridgehead atoms. The molecule has 1 rings (SSSR count). The Kier molecular flexibility index (Phi) is 8.23. The molecule has 1 aromatic rings. The molecule has 0 radical (unpaired) electrons. The maximum Gasteiger partial charge on any atom is 0.240 e. The van der Waals surface area contributed by atoms with E-state index in [2.05, 4.69) is 5.32 Å². The smallest absolute Gasteiger partial charge is 0.240 e. The van der Waals surface area contributed by atoms with Crippen molar-refractivity contribution in [2.24, 2.45) is 0 Å². The van der Waals surface area contributed by atoms with E-state index in [4.69, 9.17) is 16.3 Å². The van der Waals surface area contributed by atoms with Gasteiger partial charge in [-0.25, -0.2) is 0 Å². The van der Waals surface area contributed by atoms with Gasteiger partial charge in [0.15, 0.2) is 0 Å². The summed E-state index contributed by atoms with van der Waals surface area (Å²) in [5.74, 6) is 0.560. The Morgan fingerprint density at radius 1 is 1.28 bits per heavy atom. The molecule has 5 nitrogen and oxygen atoms in total. The number of nitrogens with one attached hydrogen (secondary N) is 1. The molecule has 1 aromatic carbocycles. The van der Waals surface area contributed by atoms with E-state index in [1.54, 1.807) is 11.0 Å². The minimum atomic E-state index is -0.301. The molecule has 0 aliphatic rings. The summed E-state index contributed by atoms with van der Waals surface area (Å²) < 4.78 is 5.64. The van der Waals surface area contributed by atoms with Crippen LogP contribution >= 0.6 is 11.6 Å². The van der Waals surface area contributed by atoms with Gasteiger partial charge in [0.05, 0.1) is 13.2 Å². The SMILES string of the molecule is CCN(CC(=O)NC(C)(C)C)C(=O)CCCOc1ccc(Cl)c(C)c1. The molecule has 0 spiro atoms. The van der Waals surface area contributed by atoms with Gasteiger partial charge in [0.1, 0.15) is 5.75 Å². The van der Waals surface area contributed by atoms with E-state index in [-0.39, 0.29) is 23.9 Å². The molecule has 140 valence electrons. The lowest BCUT2D eigenvalue weighted by molar-refractivity contribution is -0.136. The van der Waals surface area contributed by atoms with E-state index in [0.717, 1.165) is 11.3 Å². The Balaban J connectivity index is 2.38. The lowest BCUT2D eigenvalue weighted by atomic mass is 10.1. The number of carbonyl (C=O) groups excluding carboxylic acids is 2. The first-order valence-corrected chi connectivity index (χ1v) is 8.98. The van der Waals surface area contributed by atoms with Crippen LogP contribution in [0.3, 0.4) is 0 Å². The van der Waals surface area contributed by atoms with E-state index in [0.29, 0.717) is 31.0 Å². The largest absolute Gasteiger partial charge is 0.494 e. The molecule has 0 heterocycles. The summed E-state index contributed by atoms with van der Waals surface area (Å²) >= 11 is 5.98. The third-order valence-corrected chi connectivity index (χ3v) is 3.94. The fourth-order valence-electron chi connectivity index (χ4n) is 2.29. The summed E-state index contributed by atoms with van der Waals surface area (Å²) in [6.07, 6.45) is 0.946. The maximum absolute atomic E-state index is 12.3. The van der Waals surface area contributed by atoms with E-state index in [9.17, 15) is 9.59 Å². The Morgan fingerprint density at radius 3 is 2.52 bits per heavy atom. The van der Waals surface area contributed by atoms with Crippen LogP contribution in [0.15, 0.2) is 18.2 Å². The highest BCUT2D eigenvalue weighted by Gasteiger charge is 2.19. The number of halogens is 1. The van der Waals surface area contributed by atoms with Gasteiger partial charge in [-0.05, 0) is 64.8 Å². The van der Waals surface area contributed by atoms with Crippen LogP contribution in [0.5, 0.6) is 5.75 Å². The van der Waals surface area contributed by atoms with Crippen LogP contribution < -0.4 is 10.1 Å². The number of hydrogen-bond acceptors (Lipinski definition) is 3. The van der Waals surface area contributed by atoms with Gasteiger partial charge < -0.3 is 15.0 Å². The molecule has 1 N–H and O–H groups in total. The number of likely N-dealkylation sites (N-methyl/N-ethyl adjacent to an activating group) is 1. The van der Waals surface area contributed by atoms with Gasteiger partial charge in [0.25, 0.3) is 0 Å². The zero-order chi connectivity index (χ0) is 19.0. The quantitative estimate of drug-likeness (QED) is 0.713. The van der Waals surface area contributed by atoms with Crippen LogP contribution in [-0.2, 0) is 9.59 Å². The Bertz CT molecular complexity index is 597. The fourth-order valence-corrected chi connectivity index (χ4v) is 2.40. The number of benzene rings is 1. The minimum Gasteiger partial charge on any atom is -0.494 e. The van der Waals surface area contributed by atoms with Crippen molar-refractivity contribution in [3.63, 3.8) is 0 Å². The second-order valence-electron chi connectivity index (χ2n) is 7.07. The number of rotatable bonds is 8. The van der Waals surface area contributed by atoms with Crippen LogP contribution in [0, 0.1) is 6.92 Å². The van der Waals surface area contributed by atoms with Gasteiger partial charge in [0.2, 0.25) is 11.8 Å². The van der Waals surface area contributed by atoms with E-state index < -0.39 is 0 Å². The molecule has 0 aromatic heterocycles. The van der Waals surface area contributed by atoms with Crippen molar-refractivity contribution in [2.45, 2.75) is 53.0 Å². The highest BCUT2D eigenvalue weighted by molar-refractivity contribution is 6.31. The normalized spacial score (nSPS) is 11.1. The Morgan fingerprint density at radius 2 is 1.96 bits per heavy atom. The number of aryl methyl sites for hydroxylation is 1. The third-order valence-electron chi connectivity index (χ3n) is 3.52. The van der Waals surface area contributed by atoms with Crippen molar-refractivity contribution < 1.29 is 14.3 Å². The Labute approximate surface area is 155 Å². The first kappa shape index (κ1) is 21.3. The number of nitrogens with zero attached hydrogens (tertiary/aromatic N) is 1. The van der Waals surface area contributed by atoms with Gasteiger partial charge >= 0.3 is 0 Å². The van der Waals surface area contributed by atoms with Crippen LogP contribution in [-0.4, -0.2) is 41.9 Å². The zero-order valence-corrected chi connectivity index (χ0v) is 16.6. The Hall–Kier alpha value is -1.75. The van der Waals surface area contributed by atoms with Crippen LogP contribution in [0.2, 0.25) is 5.02 Å². The number of amides is 2. The predicted octanol–water partition coefficient (Wildman–Crippen LogP) is 3.57. The highest BCUT2D eigenvalue weighted by atomic mass is 35.5. The van der Waals surface area contributed by atoms with Crippen LogP contribution in [0.1, 0.15) is 46.1 Å². The molecule has 0 saturated heterocycles. The van der Waals surface area contributed by atoms with Gasteiger partial charge in [-0.2, -0.15) is 0 Å². The van der Waals surface area contributed by atoms with Crippen molar-refractivity contribution in [2.75, 3.05) is 19.7 Å². The standard InChI is InChI=1S/C19H29ClN2O3/c1-6-22(13-17(23)21-19(3,4)5)18(24)8-7-11-25-15-9-10-16(20)14(2)12-15/h9-10,12H,6-8,11,13H2,1-5H3,(H,21,23). The molecule has 0 fully saturated rings. The average molecular weight is 369 g/mol. The molecule has 0 atom stereocenters. The van der Waals surface area contributed by atoms with Crippen molar-refractivity contribution in [1.29, 1.82) is 0 Å². The second kappa shape index (κ2) is 9.66. The minimum absolute atomic E-state index is 0.0394. The molecule has 0 aliphatic heterocycles. The lowest BCUT2D eigenvalue weighted by Crippen LogP contribution is -2.47. The second-order valence-corrected chi connectivity index (χ2v) is 7.48. The average Bonchev–Trinajstić information content (AvgIpc) is 2.50. The monoisotopic (exact) mass is 368 g/mol. The van der Waals surface area contributed by atoms with Gasteiger partial charge in [-0.1, -0.05) is 11.6 Å². The van der Waals surface area contributed by atoms with Crippen LogP contribution in [0.25, 0.3) is 0 Å². The van der Waals surface area contributed by atoms with Gasteiger partial charge in [-0.3, -0.25) is 9.59 Å². The van der Waals surface area contributed by atoms with Crippen molar-refractivity contribution in [3.8, 4) is 5.75 Å². The van der Waals surface area contributed by atoms with Gasteiger partial charge in [0, 0.05) is 23.5 Å². The van der Waals surface area contributed by atoms with E-state index in [1.807, 2.05) is 46.8 Å². The molecule has 0 aliphatic carbocycles. The summed E-state index contributed by atoms with van der Waals surface area (Å²) in [7, 11) is 0. The molecule has 0 unspecified atom stereocenters. The fraction of sp³-hybridized carbons (Fsp3) is 0.579. The molecule has 25 heavy (non-hydrogen) atoms. The number of carbonyl (C=O) groups is 2.